The molecule has 20 heavy (non-hydrogen) atoms. The van der Waals surface area contributed by atoms with Crippen LogP contribution in [-0.2, 0) is 23.1 Å². The molecule has 0 N–H and O–H groups in total. The van der Waals surface area contributed by atoms with Crippen LogP contribution in [0.15, 0.2) is 0 Å². The normalized spacial score (nSPS) is 25.4. The van der Waals surface area contributed by atoms with Gasteiger partial charge in [0, 0.05) is 19.7 Å². The van der Waals surface area contributed by atoms with Gasteiger partial charge in [0.1, 0.15) is 0 Å². The van der Waals surface area contributed by atoms with Gasteiger partial charge >= 0.3 is 0 Å². The van der Waals surface area contributed by atoms with Gasteiger partial charge in [0.2, 0.25) is 0 Å². The highest BCUT2D eigenvalue weighted by Gasteiger charge is 2.23. The van der Waals surface area contributed by atoms with Gasteiger partial charge in [0.05, 0.1) is 32.4 Å². The number of likely N-dealkylation sites (tertiary alicyclic amines) is 1. The Kier molecular flexibility index (Phi) is 4.59. The zero-order chi connectivity index (χ0) is 13.8. The number of rotatable bonds is 5. The molecular weight excluding hydrogens is 258 g/mol. The first-order chi connectivity index (χ1) is 9.79. The Labute approximate surface area is 119 Å². The van der Waals surface area contributed by atoms with E-state index in [-0.39, 0.29) is 0 Å². The molecule has 2 fully saturated rings. The average Bonchev–Trinajstić information content (AvgIpc) is 3.10. The summed E-state index contributed by atoms with van der Waals surface area (Å²) >= 11 is 0. The molecule has 0 spiro atoms. The number of piperidine rings is 1. The summed E-state index contributed by atoms with van der Waals surface area (Å²) in [7, 11) is 1.79. The number of aromatic nitrogens is 4. The summed E-state index contributed by atoms with van der Waals surface area (Å²) in [4.78, 5) is 3.87. The standard InChI is InChI=1S/C13H23N5O2/c1-17-15-13(14-16-17)9-18-6-4-11(5-7-18)20-10-12-3-2-8-19-12/h11-12H,2-10H2,1H3. The second kappa shape index (κ2) is 6.60. The van der Waals surface area contributed by atoms with Crippen LogP contribution in [-0.4, -0.2) is 63.6 Å². The van der Waals surface area contributed by atoms with E-state index in [1.165, 1.54) is 11.2 Å². The Morgan fingerprint density at radius 3 is 2.80 bits per heavy atom. The Bertz CT molecular complexity index is 411. The maximum atomic E-state index is 5.97. The van der Waals surface area contributed by atoms with Crippen molar-refractivity contribution < 1.29 is 9.47 Å². The molecule has 0 saturated carbocycles. The predicted octanol–water partition coefficient (Wildman–Crippen LogP) is 0.370. The molecule has 0 amide bonds. The number of hydrogen-bond donors (Lipinski definition) is 0. The number of ether oxygens (including phenoxy) is 2. The van der Waals surface area contributed by atoms with E-state index in [0.29, 0.717) is 12.2 Å². The molecule has 0 radical (unpaired) electrons. The van der Waals surface area contributed by atoms with Crippen LogP contribution < -0.4 is 0 Å². The Morgan fingerprint density at radius 1 is 1.30 bits per heavy atom. The maximum Gasteiger partial charge on any atom is 0.188 e. The summed E-state index contributed by atoms with van der Waals surface area (Å²) in [5.41, 5.74) is 0. The fraction of sp³-hybridized carbons (Fsp3) is 0.923. The number of hydrogen-bond acceptors (Lipinski definition) is 6. The van der Waals surface area contributed by atoms with Crippen LogP contribution in [0.2, 0.25) is 0 Å². The zero-order valence-electron chi connectivity index (χ0n) is 12.1. The summed E-state index contributed by atoms with van der Waals surface area (Å²) in [6.07, 6.45) is 5.19. The summed E-state index contributed by atoms with van der Waals surface area (Å²) in [6, 6.07) is 0. The van der Waals surface area contributed by atoms with Crippen LogP contribution >= 0.6 is 0 Å². The minimum absolute atomic E-state index is 0.330. The van der Waals surface area contributed by atoms with Crippen molar-refractivity contribution in [2.24, 2.45) is 7.05 Å². The predicted molar refractivity (Wildman–Crippen MR) is 72.0 cm³/mol. The number of tetrazole rings is 1. The lowest BCUT2D eigenvalue weighted by Gasteiger charge is -2.31. The molecule has 3 rings (SSSR count). The topological polar surface area (TPSA) is 65.3 Å². The third-order valence-corrected chi connectivity index (χ3v) is 3.99. The van der Waals surface area contributed by atoms with Crippen molar-refractivity contribution in [1.82, 2.24) is 25.1 Å². The van der Waals surface area contributed by atoms with Crippen LogP contribution in [0.4, 0.5) is 0 Å². The molecule has 2 aliphatic rings. The molecular formula is C13H23N5O2. The number of nitrogens with zero attached hydrogens (tertiary/aromatic N) is 5. The average molecular weight is 281 g/mol. The molecule has 0 aromatic carbocycles. The first-order valence-electron chi connectivity index (χ1n) is 7.48. The summed E-state index contributed by atoms with van der Waals surface area (Å²) in [5.74, 6) is 0.797. The first-order valence-corrected chi connectivity index (χ1v) is 7.48. The SMILES string of the molecule is Cn1nnc(CN2CCC(OCC3CCCO3)CC2)n1. The Hall–Kier alpha value is -1.05. The Balaban J connectivity index is 1.36. The van der Waals surface area contributed by atoms with Gasteiger partial charge in [-0.1, -0.05) is 0 Å². The lowest BCUT2D eigenvalue weighted by atomic mass is 10.1. The van der Waals surface area contributed by atoms with Gasteiger partial charge in [-0.3, -0.25) is 4.90 Å². The van der Waals surface area contributed by atoms with E-state index in [1.807, 2.05) is 0 Å². The molecule has 7 nitrogen and oxygen atoms in total. The van der Waals surface area contributed by atoms with Crippen LogP contribution in [0.25, 0.3) is 0 Å². The van der Waals surface area contributed by atoms with Gasteiger partial charge in [-0.2, -0.15) is 4.80 Å². The van der Waals surface area contributed by atoms with E-state index < -0.39 is 0 Å². The third kappa shape index (κ3) is 3.74. The molecule has 1 atom stereocenters. The monoisotopic (exact) mass is 281 g/mol. The van der Waals surface area contributed by atoms with E-state index in [0.717, 1.165) is 57.9 Å². The maximum absolute atomic E-state index is 5.97. The Morgan fingerprint density at radius 2 is 2.15 bits per heavy atom. The molecule has 7 heteroatoms. The van der Waals surface area contributed by atoms with Crippen molar-refractivity contribution in [3.8, 4) is 0 Å². The van der Waals surface area contributed by atoms with Gasteiger partial charge in [-0.05, 0) is 30.9 Å². The van der Waals surface area contributed by atoms with E-state index in [2.05, 4.69) is 20.3 Å². The van der Waals surface area contributed by atoms with Crippen LogP contribution in [0.1, 0.15) is 31.5 Å². The summed E-state index contributed by atoms with van der Waals surface area (Å²) < 4.78 is 11.6. The van der Waals surface area contributed by atoms with E-state index in [9.17, 15) is 0 Å². The molecule has 1 unspecified atom stereocenters. The van der Waals surface area contributed by atoms with E-state index >= 15 is 0 Å². The molecule has 2 aliphatic heterocycles. The minimum Gasteiger partial charge on any atom is -0.376 e. The van der Waals surface area contributed by atoms with Gasteiger partial charge in [-0.15, -0.1) is 10.2 Å². The molecule has 2 saturated heterocycles. The van der Waals surface area contributed by atoms with Gasteiger partial charge < -0.3 is 9.47 Å². The summed E-state index contributed by atoms with van der Waals surface area (Å²) in [5, 5.41) is 12.1. The second-order valence-electron chi connectivity index (χ2n) is 5.64. The van der Waals surface area contributed by atoms with Gasteiger partial charge in [-0.25, -0.2) is 0 Å². The third-order valence-electron chi connectivity index (χ3n) is 3.99. The fourth-order valence-electron chi connectivity index (χ4n) is 2.84. The summed E-state index contributed by atoms with van der Waals surface area (Å²) in [6.45, 7) is 4.52. The van der Waals surface area contributed by atoms with Crippen LogP contribution in [0.3, 0.4) is 0 Å². The van der Waals surface area contributed by atoms with Gasteiger partial charge in [0.15, 0.2) is 5.82 Å². The van der Waals surface area contributed by atoms with Crippen molar-refractivity contribution in [3.63, 3.8) is 0 Å². The van der Waals surface area contributed by atoms with Gasteiger partial charge in [0.25, 0.3) is 0 Å². The molecule has 112 valence electrons. The first kappa shape index (κ1) is 13.9. The molecule has 1 aromatic heterocycles. The molecule has 0 bridgehead atoms. The molecule has 0 aliphatic carbocycles. The second-order valence-corrected chi connectivity index (χ2v) is 5.64. The smallest absolute Gasteiger partial charge is 0.188 e. The van der Waals surface area contributed by atoms with Crippen molar-refractivity contribution in [2.45, 2.75) is 44.4 Å². The van der Waals surface area contributed by atoms with Crippen LogP contribution in [0.5, 0.6) is 0 Å². The fourth-order valence-corrected chi connectivity index (χ4v) is 2.84. The highest BCUT2D eigenvalue weighted by Crippen LogP contribution is 2.18. The quantitative estimate of drug-likeness (QED) is 0.777. The van der Waals surface area contributed by atoms with E-state index in [1.54, 1.807) is 7.05 Å². The largest absolute Gasteiger partial charge is 0.376 e. The van der Waals surface area contributed by atoms with E-state index in [4.69, 9.17) is 9.47 Å². The van der Waals surface area contributed by atoms with Crippen LogP contribution in [0, 0.1) is 0 Å². The lowest BCUT2D eigenvalue weighted by molar-refractivity contribution is -0.0428. The van der Waals surface area contributed by atoms with Crippen molar-refractivity contribution >= 4 is 0 Å². The van der Waals surface area contributed by atoms with Crippen molar-refractivity contribution in [1.29, 1.82) is 0 Å². The zero-order valence-corrected chi connectivity index (χ0v) is 12.1. The number of aryl methyl sites for hydroxylation is 1. The molecule has 3 heterocycles. The minimum atomic E-state index is 0.330. The van der Waals surface area contributed by atoms with Crippen molar-refractivity contribution in [2.75, 3.05) is 26.3 Å². The highest BCUT2D eigenvalue weighted by atomic mass is 16.5. The highest BCUT2D eigenvalue weighted by molar-refractivity contribution is 4.81. The van der Waals surface area contributed by atoms with Crippen molar-refractivity contribution in [3.05, 3.63) is 5.82 Å². The molecule has 1 aromatic rings. The lowest BCUT2D eigenvalue weighted by Crippen LogP contribution is -2.37.